The van der Waals surface area contributed by atoms with Crippen LogP contribution < -0.4 is 10.9 Å². The molecule has 5 rings (SSSR count). The van der Waals surface area contributed by atoms with Crippen molar-refractivity contribution in [3.8, 4) is 11.3 Å². The number of carbonyl (C=O) groups excluding carboxylic acids is 1. The van der Waals surface area contributed by atoms with Gasteiger partial charge < -0.3 is 5.32 Å². The van der Waals surface area contributed by atoms with E-state index in [4.69, 9.17) is 0 Å². The van der Waals surface area contributed by atoms with Crippen LogP contribution in [0.25, 0.3) is 22.2 Å². The second-order valence-corrected chi connectivity index (χ2v) is 8.11. The molecule has 0 bridgehead atoms. The molecule has 1 fully saturated rings. The molecule has 7 nitrogen and oxygen atoms in total. The van der Waals surface area contributed by atoms with E-state index in [0.717, 1.165) is 47.8 Å². The smallest absolute Gasteiger partial charge is 0.270 e. The molecule has 0 spiro atoms. The summed E-state index contributed by atoms with van der Waals surface area (Å²) >= 11 is 0. The van der Waals surface area contributed by atoms with Gasteiger partial charge in [-0.05, 0) is 56.0 Å². The second kappa shape index (κ2) is 8.70. The Balaban J connectivity index is 1.25. The van der Waals surface area contributed by atoms with E-state index in [1.165, 1.54) is 0 Å². The van der Waals surface area contributed by atoms with Gasteiger partial charge in [0.05, 0.1) is 17.3 Å². The average molecular weight is 425 g/mol. The van der Waals surface area contributed by atoms with Gasteiger partial charge in [-0.25, -0.2) is 9.67 Å². The molecule has 0 atom stereocenters. The van der Waals surface area contributed by atoms with Crippen LogP contribution in [0.4, 0.5) is 0 Å². The second-order valence-electron chi connectivity index (χ2n) is 8.11. The summed E-state index contributed by atoms with van der Waals surface area (Å²) in [6, 6.07) is 18.6. The lowest BCUT2D eigenvalue weighted by Gasteiger charge is -2.29. The summed E-state index contributed by atoms with van der Waals surface area (Å²) in [5, 5.41) is 8.71. The monoisotopic (exact) mass is 425 g/mol. The molecule has 7 heteroatoms. The first-order valence-electron chi connectivity index (χ1n) is 10.8. The Labute approximate surface area is 185 Å². The summed E-state index contributed by atoms with van der Waals surface area (Å²) in [5.74, 6) is -0.159. The fraction of sp³-hybridized carbons (Fsp3) is 0.240. The molecule has 0 unspecified atom stereocenters. The number of carbonyl (C=O) groups is 1. The van der Waals surface area contributed by atoms with Gasteiger partial charge >= 0.3 is 0 Å². The normalized spacial score (nSPS) is 18.4. The van der Waals surface area contributed by atoms with Crippen LogP contribution in [-0.4, -0.2) is 31.7 Å². The van der Waals surface area contributed by atoms with Crippen molar-refractivity contribution in [3.05, 3.63) is 89.1 Å². The molecule has 4 aromatic rings. The third-order valence-corrected chi connectivity index (χ3v) is 5.99. The van der Waals surface area contributed by atoms with Gasteiger partial charge in [-0.3, -0.25) is 14.6 Å². The largest absolute Gasteiger partial charge is 0.348 e. The first-order chi connectivity index (χ1) is 15.7. The molecule has 0 aliphatic heterocycles. The lowest BCUT2D eigenvalue weighted by molar-refractivity contribution is 0.0916. The van der Waals surface area contributed by atoms with Crippen molar-refractivity contribution in [1.29, 1.82) is 0 Å². The third-order valence-electron chi connectivity index (χ3n) is 5.99. The van der Waals surface area contributed by atoms with E-state index in [1.54, 1.807) is 35.3 Å². The Morgan fingerprint density at radius 1 is 0.938 bits per heavy atom. The van der Waals surface area contributed by atoms with Gasteiger partial charge in [-0.15, -0.1) is 0 Å². The average Bonchev–Trinajstić information content (AvgIpc) is 2.85. The fourth-order valence-electron chi connectivity index (χ4n) is 4.27. The van der Waals surface area contributed by atoms with Gasteiger partial charge in [0.25, 0.3) is 11.5 Å². The summed E-state index contributed by atoms with van der Waals surface area (Å²) in [7, 11) is 0. The maximum Gasteiger partial charge on any atom is 0.270 e. The molecular weight excluding hydrogens is 402 g/mol. The molecule has 1 saturated carbocycles. The van der Waals surface area contributed by atoms with Crippen LogP contribution in [0.15, 0.2) is 77.9 Å². The van der Waals surface area contributed by atoms with E-state index in [-0.39, 0.29) is 23.6 Å². The summed E-state index contributed by atoms with van der Waals surface area (Å²) in [6.07, 6.45) is 6.58. The van der Waals surface area contributed by atoms with Gasteiger partial charge in [-0.1, -0.05) is 24.3 Å². The fourth-order valence-corrected chi connectivity index (χ4v) is 4.27. The quantitative estimate of drug-likeness (QED) is 0.538. The van der Waals surface area contributed by atoms with Crippen molar-refractivity contribution in [2.24, 2.45) is 0 Å². The maximum absolute atomic E-state index is 12.7. The zero-order valence-electron chi connectivity index (χ0n) is 17.5. The van der Waals surface area contributed by atoms with Crippen LogP contribution in [-0.2, 0) is 0 Å². The van der Waals surface area contributed by atoms with E-state index in [0.29, 0.717) is 5.69 Å². The molecular formula is C25H23N5O2. The minimum atomic E-state index is -0.159. The number of rotatable bonds is 4. The molecule has 160 valence electrons. The minimum absolute atomic E-state index is 0.0195. The highest BCUT2D eigenvalue weighted by Crippen LogP contribution is 2.28. The van der Waals surface area contributed by atoms with E-state index >= 15 is 0 Å². The molecule has 3 aromatic heterocycles. The minimum Gasteiger partial charge on any atom is -0.348 e. The highest BCUT2D eigenvalue weighted by Gasteiger charge is 2.25. The summed E-state index contributed by atoms with van der Waals surface area (Å²) in [4.78, 5) is 33.8. The number of nitrogens with zero attached hydrogens (tertiary/aromatic N) is 4. The lowest BCUT2D eigenvalue weighted by Crippen LogP contribution is -2.39. The zero-order chi connectivity index (χ0) is 21.9. The van der Waals surface area contributed by atoms with E-state index in [1.807, 2.05) is 42.5 Å². The van der Waals surface area contributed by atoms with Crippen LogP contribution in [0.1, 0.15) is 42.2 Å². The van der Waals surface area contributed by atoms with Crippen LogP contribution in [0.3, 0.4) is 0 Å². The van der Waals surface area contributed by atoms with Crippen LogP contribution in [0, 0.1) is 0 Å². The summed E-state index contributed by atoms with van der Waals surface area (Å²) < 4.78 is 1.59. The van der Waals surface area contributed by atoms with E-state index in [2.05, 4.69) is 20.4 Å². The number of benzene rings is 1. The SMILES string of the molecule is O=C(NC1CCC(n2nc(-c3cccnc3)ccc2=O)CC1)c1ccc2ccccc2n1. The van der Waals surface area contributed by atoms with Gasteiger partial charge in [0.1, 0.15) is 5.69 Å². The topological polar surface area (TPSA) is 89.8 Å². The van der Waals surface area contributed by atoms with Crippen molar-refractivity contribution in [2.75, 3.05) is 0 Å². The number of hydrogen-bond acceptors (Lipinski definition) is 5. The molecule has 1 aliphatic carbocycles. The molecule has 3 heterocycles. The number of hydrogen-bond donors (Lipinski definition) is 1. The summed E-state index contributed by atoms with van der Waals surface area (Å²) in [5.41, 5.74) is 2.74. The van der Waals surface area contributed by atoms with Gasteiger partial charge in [0, 0.05) is 35.5 Å². The maximum atomic E-state index is 12.7. The van der Waals surface area contributed by atoms with Crippen LogP contribution in [0.2, 0.25) is 0 Å². The first kappa shape index (κ1) is 20.1. The van der Waals surface area contributed by atoms with E-state index < -0.39 is 0 Å². The highest BCUT2D eigenvalue weighted by molar-refractivity contribution is 5.95. The number of amides is 1. The van der Waals surface area contributed by atoms with Crippen LogP contribution in [0.5, 0.6) is 0 Å². The Morgan fingerprint density at radius 3 is 2.59 bits per heavy atom. The number of para-hydroxylation sites is 1. The number of fused-ring (bicyclic) bond motifs is 1. The van der Waals surface area contributed by atoms with Crippen molar-refractivity contribution in [1.82, 2.24) is 25.1 Å². The van der Waals surface area contributed by atoms with Crippen molar-refractivity contribution in [3.63, 3.8) is 0 Å². The number of pyridine rings is 2. The highest BCUT2D eigenvalue weighted by atomic mass is 16.2. The first-order valence-corrected chi connectivity index (χ1v) is 10.8. The van der Waals surface area contributed by atoms with Gasteiger partial charge in [-0.2, -0.15) is 5.10 Å². The molecule has 1 aromatic carbocycles. The lowest BCUT2D eigenvalue weighted by atomic mass is 9.91. The van der Waals surface area contributed by atoms with Gasteiger partial charge in [0.15, 0.2) is 0 Å². The van der Waals surface area contributed by atoms with E-state index in [9.17, 15) is 9.59 Å². The van der Waals surface area contributed by atoms with Crippen molar-refractivity contribution < 1.29 is 4.79 Å². The van der Waals surface area contributed by atoms with Crippen molar-refractivity contribution >= 4 is 16.8 Å². The molecule has 1 aliphatic rings. The third kappa shape index (κ3) is 4.14. The number of aromatic nitrogens is 4. The van der Waals surface area contributed by atoms with Gasteiger partial charge in [0.2, 0.25) is 0 Å². The number of nitrogens with one attached hydrogen (secondary N) is 1. The Bertz CT molecular complexity index is 1310. The summed E-state index contributed by atoms with van der Waals surface area (Å²) in [6.45, 7) is 0. The molecule has 0 radical (unpaired) electrons. The Kier molecular flexibility index (Phi) is 5.46. The van der Waals surface area contributed by atoms with Crippen LogP contribution >= 0.6 is 0 Å². The Morgan fingerprint density at radius 2 is 1.78 bits per heavy atom. The zero-order valence-corrected chi connectivity index (χ0v) is 17.5. The predicted molar refractivity (Wildman–Crippen MR) is 122 cm³/mol. The molecule has 1 amide bonds. The predicted octanol–water partition coefficient (Wildman–Crippen LogP) is 3.77. The Hall–Kier alpha value is -3.87. The standard InChI is InChI=1S/C25H23N5O2/c31-24-14-13-22(18-5-3-15-26-16-18)29-30(24)20-10-8-19(9-11-20)27-25(32)23-12-7-17-4-1-2-6-21(17)28-23/h1-7,12-16,19-20H,8-11H2,(H,27,32). The molecule has 0 saturated heterocycles. The molecule has 1 N–H and O–H groups in total. The van der Waals surface area contributed by atoms with Crippen molar-refractivity contribution in [2.45, 2.75) is 37.8 Å². The molecule has 32 heavy (non-hydrogen) atoms.